The van der Waals surface area contributed by atoms with Crippen molar-refractivity contribution in [3.05, 3.63) is 70.6 Å². The molecule has 2 aromatic rings. The van der Waals surface area contributed by atoms with E-state index in [0.717, 1.165) is 18.4 Å². The summed E-state index contributed by atoms with van der Waals surface area (Å²) in [6, 6.07) is 10.1. The number of amides is 2. The highest BCUT2D eigenvalue weighted by molar-refractivity contribution is 8.04. The second-order valence-corrected chi connectivity index (χ2v) is 8.64. The lowest BCUT2D eigenvalue weighted by Crippen LogP contribution is -2.51. The molecule has 4 rings (SSSR count). The Morgan fingerprint density at radius 2 is 2.14 bits per heavy atom. The number of nitrogens with one attached hydrogen (secondary N) is 2. The van der Waals surface area contributed by atoms with Gasteiger partial charge in [0, 0.05) is 41.7 Å². The van der Waals surface area contributed by atoms with E-state index in [2.05, 4.69) is 15.6 Å². The SMILES string of the molecule is O=C1NC2CC(C(=O)NCc3cccnc3)CCC2S/C1=C/c1ccccc1F. The smallest absolute Gasteiger partial charge is 0.257 e. The van der Waals surface area contributed by atoms with Gasteiger partial charge in [-0.05, 0) is 43.0 Å². The Hall–Kier alpha value is -2.67. The highest BCUT2D eigenvalue weighted by atomic mass is 32.2. The van der Waals surface area contributed by atoms with Crippen LogP contribution in [0, 0.1) is 11.7 Å². The van der Waals surface area contributed by atoms with Gasteiger partial charge in [-0.15, -0.1) is 11.8 Å². The topological polar surface area (TPSA) is 71.1 Å². The molecule has 2 amide bonds. The van der Waals surface area contributed by atoms with Crippen molar-refractivity contribution in [3.63, 3.8) is 0 Å². The molecule has 150 valence electrons. The lowest BCUT2D eigenvalue weighted by molar-refractivity contribution is -0.127. The van der Waals surface area contributed by atoms with Crippen LogP contribution in [0.2, 0.25) is 0 Å². The molecule has 3 atom stereocenters. The predicted molar refractivity (Wildman–Crippen MR) is 111 cm³/mol. The van der Waals surface area contributed by atoms with Crippen molar-refractivity contribution in [2.45, 2.75) is 37.1 Å². The molecule has 1 saturated heterocycles. The number of nitrogens with zero attached hydrogens (tertiary/aromatic N) is 1. The summed E-state index contributed by atoms with van der Waals surface area (Å²) in [5.41, 5.74) is 1.37. The average molecular weight is 412 g/mol. The molecule has 2 N–H and O–H groups in total. The molecule has 0 spiro atoms. The molecule has 1 aliphatic carbocycles. The number of aromatic nitrogens is 1. The number of hydrogen-bond acceptors (Lipinski definition) is 4. The Morgan fingerprint density at radius 1 is 1.28 bits per heavy atom. The first-order valence-corrected chi connectivity index (χ1v) is 10.6. The van der Waals surface area contributed by atoms with Crippen LogP contribution in [-0.2, 0) is 16.1 Å². The highest BCUT2D eigenvalue weighted by Crippen LogP contribution is 2.40. The van der Waals surface area contributed by atoms with E-state index in [4.69, 9.17) is 0 Å². The third-order valence-electron chi connectivity index (χ3n) is 5.36. The summed E-state index contributed by atoms with van der Waals surface area (Å²) in [5.74, 6) is -0.648. The zero-order valence-corrected chi connectivity index (χ0v) is 16.6. The first kappa shape index (κ1) is 19.6. The average Bonchev–Trinajstić information content (AvgIpc) is 2.74. The van der Waals surface area contributed by atoms with E-state index in [1.54, 1.807) is 36.7 Å². The molecule has 1 aliphatic heterocycles. The Morgan fingerprint density at radius 3 is 2.93 bits per heavy atom. The second-order valence-electron chi connectivity index (χ2n) is 7.36. The molecule has 1 aromatic heterocycles. The number of pyridine rings is 1. The fourth-order valence-corrected chi connectivity index (χ4v) is 5.08. The molecule has 2 fully saturated rings. The van der Waals surface area contributed by atoms with E-state index in [9.17, 15) is 14.0 Å². The first-order valence-electron chi connectivity index (χ1n) is 9.70. The van der Waals surface area contributed by atoms with Gasteiger partial charge in [0.2, 0.25) is 5.91 Å². The summed E-state index contributed by atoms with van der Waals surface area (Å²) >= 11 is 1.49. The van der Waals surface area contributed by atoms with Crippen LogP contribution < -0.4 is 10.6 Å². The van der Waals surface area contributed by atoms with Gasteiger partial charge in [0.1, 0.15) is 5.82 Å². The van der Waals surface area contributed by atoms with Crippen LogP contribution in [0.1, 0.15) is 30.4 Å². The standard InChI is InChI=1S/C22H22FN3O2S/c23-17-6-2-1-5-15(17)11-20-22(28)26-18-10-16(7-8-19(18)29-20)21(27)25-13-14-4-3-9-24-12-14/h1-6,9,11-12,16,18-19H,7-8,10,13H2,(H,25,27)(H,26,28)/b20-11+. The van der Waals surface area contributed by atoms with Crippen LogP contribution in [0.15, 0.2) is 53.7 Å². The van der Waals surface area contributed by atoms with Crippen LogP contribution >= 0.6 is 11.8 Å². The number of rotatable bonds is 4. The summed E-state index contributed by atoms with van der Waals surface area (Å²) in [6.07, 6.45) is 7.27. The van der Waals surface area contributed by atoms with Gasteiger partial charge in [-0.1, -0.05) is 24.3 Å². The van der Waals surface area contributed by atoms with E-state index in [1.807, 2.05) is 12.1 Å². The van der Waals surface area contributed by atoms with Crippen molar-refractivity contribution in [1.82, 2.24) is 15.6 Å². The number of fused-ring (bicyclic) bond motifs is 1. The van der Waals surface area contributed by atoms with Gasteiger partial charge >= 0.3 is 0 Å². The Labute approximate surface area is 173 Å². The van der Waals surface area contributed by atoms with Crippen LogP contribution in [0.5, 0.6) is 0 Å². The Kier molecular flexibility index (Phi) is 5.94. The van der Waals surface area contributed by atoms with Gasteiger partial charge in [0.25, 0.3) is 5.91 Å². The maximum atomic E-state index is 13.9. The Bertz CT molecular complexity index is 935. The maximum Gasteiger partial charge on any atom is 0.257 e. The summed E-state index contributed by atoms with van der Waals surface area (Å²) in [4.78, 5) is 29.7. The summed E-state index contributed by atoms with van der Waals surface area (Å²) in [6.45, 7) is 0.452. The molecule has 7 heteroatoms. The number of carbonyl (C=O) groups excluding carboxylic acids is 2. The minimum atomic E-state index is -0.343. The quantitative estimate of drug-likeness (QED) is 0.758. The van der Waals surface area contributed by atoms with Gasteiger partial charge in [-0.2, -0.15) is 0 Å². The van der Waals surface area contributed by atoms with Crippen molar-refractivity contribution in [2.75, 3.05) is 0 Å². The molecular weight excluding hydrogens is 389 g/mol. The van der Waals surface area contributed by atoms with Gasteiger partial charge < -0.3 is 10.6 Å². The number of carbonyl (C=O) groups is 2. The van der Waals surface area contributed by atoms with Crippen molar-refractivity contribution in [1.29, 1.82) is 0 Å². The van der Waals surface area contributed by atoms with Crippen molar-refractivity contribution >= 4 is 29.7 Å². The van der Waals surface area contributed by atoms with Gasteiger partial charge in [0.15, 0.2) is 0 Å². The molecule has 29 heavy (non-hydrogen) atoms. The molecule has 1 aromatic carbocycles. The molecule has 2 aliphatic rings. The number of benzene rings is 1. The third-order valence-corrected chi connectivity index (χ3v) is 6.78. The van der Waals surface area contributed by atoms with Crippen LogP contribution in [0.4, 0.5) is 4.39 Å². The van der Waals surface area contributed by atoms with Gasteiger partial charge in [0.05, 0.1) is 4.91 Å². The minimum absolute atomic E-state index is 0.0132. The van der Waals surface area contributed by atoms with Crippen molar-refractivity contribution < 1.29 is 14.0 Å². The molecular formula is C22H22FN3O2S. The number of hydrogen-bond donors (Lipinski definition) is 2. The molecule has 0 radical (unpaired) electrons. The summed E-state index contributed by atoms with van der Waals surface area (Å²) in [7, 11) is 0. The predicted octanol–water partition coefficient (Wildman–Crippen LogP) is 3.28. The van der Waals surface area contributed by atoms with E-state index in [-0.39, 0.29) is 34.8 Å². The number of halogens is 1. The Balaban J connectivity index is 1.36. The lowest BCUT2D eigenvalue weighted by Gasteiger charge is -2.39. The fraction of sp³-hybridized carbons (Fsp3) is 0.318. The summed E-state index contributed by atoms with van der Waals surface area (Å²) < 4.78 is 13.9. The van der Waals surface area contributed by atoms with Crippen LogP contribution in [0.25, 0.3) is 6.08 Å². The maximum absolute atomic E-state index is 13.9. The highest BCUT2D eigenvalue weighted by Gasteiger charge is 2.39. The molecule has 1 saturated carbocycles. The molecule has 3 unspecified atom stereocenters. The number of thioether (sulfide) groups is 1. The van der Waals surface area contributed by atoms with Crippen LogP contribution in [-0.4, -0.2) is 28.1 Å². The largest absolute Gasteiger partial charge is 0.352 e. The third kappa shape index (κ3) is 4.67. The van der Waals surface area contributed by atoms with E-state index >= 15 is 0 Å². The summed E-state index contributed by atoms with van der Waals surface area (Å²) in [5, 5.41) is 6.20. The van der Waals surface area contributed by atoms with Crippen LogP contribution in [0.3, 0.4) is 0 Å². The second kappa shape index (κ2) is 8.78. The van der Waals surface area contributed by atoms with Gasteiger partial charge in [-0.3, -0.25) is 14.6 Å². The monoisotopic (exact) mass is 411 g/mol. The zero-order valence-electron chi connectivity index (χ0n) is 15.8. The molecule has 0 bridgehead atoms. The fourth-order valence-electron chi connectivity index (χ4n) is 3.80. The first-order chi connectivity index (χ1) is 14.1. The van der Waals surface area contributed by atoms with Crippen molar-refractivity contribution in [3.8, 4) is 0 Å². The van der Waals surface area contributed by atoms with Crippen molar-refractivity contribution in [2.24, 2.45) is 5.92 Å². The molecule has 2 heterocycles. The van der Waals surface area contributed by atoms with Gasteiger partial charge in [-0.25, -0.2) is 4.39 Å². The zero-order chi connectivity index (χ0) is 20.2. The van der Waals surface area contributed by atoms with E-state index in [0.29, 0.717) is 23.4 Å². The minimum Gasteiger partial charge on any atom is -0.352 e. The van der Waals surface area contributed by atoms with E-state index < -0.39 is 0 Å². The van der Waals surface area contributed by atoms with E-state index in [1.165, 1.54) is 17.8 Å². The lowest BCUT2D eigenvalue weighted by atomic mass is 9.84. The molecule has 5 nitrogen and oxygen atoms in total. The normalized spacial score (nSPS) is 25.2.